The average molecular weight is 292 g/mol. The first kappa shape index (κ1) is 12.6. The summed E-state index contributed by atoms with van der Waals surface area (Å²) in [4.78, 5) is 4.77. The average Bonchev–Trinajstić information content (AvgIpc) is 2.26. The fourth-order valence-electron chi connectivity index (χ4n) is 2.52. The topological polar surface area (TPSA) is 12.9 Å². The van der Waals surface area contributed by atoms with E-state index in [0.29, 0.717) is 4.83 Å². The van der Waals surface area contributed by atoms with E-state index in [9.17, 15) is 0 Å². The van der Waals surface area contributed by atoms with Gasteiger partial charge in [0.1, 0.15) is 0 Å². The zero-order valence-corrected chi connectivity index (χ0v) is 12.2. The lowest BCUT2D eigenvalue weighted by atomic mass is 9.79. The lowest BCUT2D eigenvalue weighted by molar-refractivity contribution is 0.486. The normalized spacial score (nSPS) is 13.9. The van der Waals surface area contributed by atoms with E-state index >= 15 is 0 Å². The van der Waals surface area contributed by atoms with Crippen molar-refractivity contribution in [2.75, 3.05) is 0 Å². The van der Waals surface area contributed by atoms with Crippen molar-refractivity contribution in [3.05, 3.63) is 42.2 Å². The summed E-state index contributed by atoms with van der Waals surface area (Å²) in [6.45, 7) is 6.80. The molecule has 1 unspecified atom stereocenters. The Bertz CT molecular complexity index is 512. The summed E-state index contributed by atoms with van der Waals surface area (Å²) in [6.07, 6.45) is 4.94. The number of hydrogen-bond acceptors (Lipinski definition) is 1. The Morgan fingerprint density at radius 1 is 1.29 bits per heavy atom. The Morgan fingerprint density at radius 2 is 2.06 bits per heavy atom. The number of alkyl halides is 1. The Labute approximate surface area is 111 Å². The van der Waals surface area contributed by atoms with Crippen molar-refractivity contribution in [3.63, 3.8) is 0 Å². The van der Waals surface area contributed by atoms with Gasteiger partial charge in [-0.2, -0.15) is 0 Å². The molecule has 1 heterocycles. The fraction of sp³-hybridized carbons (Fsp3) is 0.400. The molecule has 0 spiro atoms. The molecule has 2 heteroatoms. The quantitative estimate of drug-likeness (QED) is 0.748. The molecule has 0 bridgehead atoms. The second kappa shape index (κ2) is 4.77. The molecule has 0 saturated heterocycles. The minimum Gasteiger partial charge on any atom is -0.264 e. The van der Waals surface area contributed by atoms with Crippen molar-refractivity contribution >= 4 is 26.7 Å². The van der Waals surface area contributed by atoms with Gasteiger partial charge in [-0.05, 0) is 28.9 Å². The first-order valence-corrected chi connectivity index (χ1v) is 6.89. The Hall–Kier alpha value is -0.890. The summed E-state index contributed by atoms with van der Waals surface area (Å²) < 4.78 is 0. The summed E-state index contributed by atoms with van der Waals surface area (Å²) in [7, 11) is 0. The summed E-state index contributed by atoms with van der Waals surface area (Å²) in [5, 5.41) is 2.54. The standard InChI is InChI=1S/C15H18BrN/c1-11(16)9-15(2,3)14-6-4-5-12-7-8-17-10-13(12)14/h4-8,10-11H,9H2,1-3H3. The zero-order valence-electron chi connectivity index (χ0n) is 10.6. The molecular formula is C15H18BrN. The van der Waals surface area contributed by atoms with Gasteiger partial charge in [0.15, 0.2) is 0 Å². The Morgan fingerprint density at radius 3 is 2.76 bits per heavy atom. The number of halogens is 1. The highest BCUT2D eigenvalue weighted by Gasteiger charge is 2.24. The third kappa shape index (κ3) is 2.68. The van der Waals surface area contributed by atoms with Gasteiger partial charge in [-0.25, -0.2) is 0 Å². The van der Waals surface area contributed by atoms with Gasteiger partial charge >= 0.3 is 0 Å². The molecular weight excluding hydrogens is 274 g/mol. The van der Waals surface area contributed by atoms with E-state index < -0.39 is 0 Å². The predicted octanol–water partition coefficient (Wildman–Crippen LogP) is 4.69. The molecule has 1 aromatic heterocycles. The minimum atomic E-state index is 0.158. The van der Waals surface area contributed by atoms with Gasteiger partial charge < -0.3 is 0 Å². The first-order valence-electron chi connectivity index (χ1n) is 5.98. The van der Waals surface area contributed by atoms with Gasteiger partial charge in [0.05, 0.1) is 0 Å². The van der Waals surface area contributed by atoms with Crippen molar-refractivity contribution < 1.29 is 0 Å². The van der Waals surface area contributed by atoms with Crippen LogP contribution in [0.5, 0.6) is 0 Å². The van der Waals surface area contributed by atoms with Gasteiger partial charge in [0.2, 0.25) is 0 Å². The number of hydrogen-bond donors (Lipinski definition) is 0. The molecule has 1 nitrogen and oxygen atoms in total. The molecule has 0 amide bonds. The number of rotatable bonds is 3. The van der Waals surface area contributed by atoms with Gasteiger partial charge in [0.25, 0.3) is 0 Å². The second-order valence-electron chi connectivity index (χ2n) is 5.27. The minimum absolute atomic E-state index is 0.158. The molecule has 2 aromatic rings. The van der Waals surface area contributed by atoms with Crippen LogP contribution in [-0.2, 0) is 5.41 Å². The van der Waals surface area contributed by atoms with Crippen molar-refractivity contribution in [2.24, 2.45) is 0 Å². The van der Waals surface area contributed by atoms with Crippen LogP contribution in [0.15, 0.2) is 36.7 Å². The Balaban J connectivity index is 2.55. The SMILES string of the molecule is CC(Br)CC(C)(C)c1cccc2ccncc12. The van der Waals surface area contributed by atoms with Crippen molar-refractivity contribution in [2.45, 2.75) is 37.4 Å². The number of nitrogens with zero attached hydrogens (tertiary/aromatic N) is 1. The molecule has 1 aromatic carbocycles. The number of pyridine rings is 1. The maximum atomic E-state index is 4.25. The van der Waals surface area contributed by atoms with E-state index in [-0.39, 0.29) is 5.41 Å². The molecule has 0 radical (unpaired) electrons. The summed E-state index contributed by atoms with van der Waals surface area (Å²) in [5.41, 5.74) is 1.54. The van der Waals surface area contributed by atoms with E-state index in [0.717, 1.165) is 6.42 Å². The monoisotopic (exact) mass is 291 g/mol. The van der Waals surface area contributed by atoms with Crippen LogP contribution in [0.1, 0.15) is 32.8 Å². The summed E-state index contributed by atoms with van der Waals surface area (Å²) in [5.74, 6) is 0. The Kier molecular flexibility index (Phi) is 3.53. The van der Waals surface area contributed by atoms with Crippen molar-refractivity contribution in [1.29, 1.82) is 0 Å². The van der Waals surface area contributed by atoms with Gasteiger partial charge in [0, 0.05) is 22.6 Å². The van der Waals surface area contributed by atoms with Gasteiger partial charge in [-0.1, -0.05) is 54.9 Å². The van der Waals surface area contributed by atoms with E-state index in [4.69, 9.17) is 0 Å². The van der Waals surface area contributed by atoms with Crippen molar-refractivity contribution in [1.82, 2.24) is 4.98 Å². The van der Waals surface area contributed by atoms with Gasteiger partial charge in [-0.3, -0.25) is 4.98 Å². The molecule has 0 fully saturated rings. The third-order valence-electron chi connectivity index (χ3n) is 3.20. The molecule has 0 N–H and O–H groups in total. The van der Waals surface area contributed by atoms with Crippen LogP contribution in [0, 0.1) is 0 Å². The second-order valence-corrected chi connectivity index (χ2v) is 6.83. The fourth-order valence-corrected chi connectivity index (χ4v) is 3.33. The number of benzene rings is 1. The first-order chi connectivity index (χ1) is 8.00. The molecule has 90 valence electrons. The van der Waals surface area contributed by atoms with Gasteiger partial charge in [-0.15, -0.1) is 0 Å². The highest BCUT2D eigenvalue weighted by Crippen LogP contribution is 2.34. The molecule has 1 atom stereocenters. The number of fused-ring (bicyclic) bond motifs is 1. The molecule has 2 rings (SSSR count). The van der Waals surface area contributed by atoms with Crippen LogP contribution in [0.4, 0.5) is 0 Å². The van der Waals surface area contributed by atoms with Crippen LogP contribution in [0.25, 0.3) is 10.8 Å². The van der Waals surface area contributed by atoms with E-state index in [1.165, 1.54) is 16.3 Å². The summed E-state index contributed by atoms with van der Waals surface area (Å²) in [6, 6.07) is 8.58. The third-order valence-corrected chi connectivity index (χ3v) is 3.53. The molecule has 0 aliphatic rings. The van der Waals surface area contributed by atoms with Crippen molar-refractivity contribution in [3.8, 4) is 0 Å². The van der Waals surface area contributed by atoms with Crippen LogP contribution >= 0.6 is 15.9 Å². The maximum Gasteiger partial charge on any atom is 0.0349 e. The molecule has 0 saturated carbocycles. The van der Waals surface area contributed by atoms with E-state index in [2.05, 4.69) is 66.0 Å². The largest absolute Gasteiger partial charge is 0.264 e. The highest BCUT2D eigenvalue weighted by atomic mass is 79.9. The lowest BCUT2D eigenvalue weighted by Crippen LogP contribution is -2.21. The van der Waals surface area contributed by atoms with E-state index in [1.807, 2.05) is 12.4 Å². The highest BCUT2D eigenvalue weighted by molar-refractivity contribution is 9.09. The molecule has 0 aliphatic carbocycles. The maximum absolute atomic E-state index is 4.25. The molecule has 17 heavy (non-hydrogen) atoms. The smallest absolute Gasteiger partial charge is 0.0349 e. The van der Waals surface area contributed by atoms with Crippen LogP contribution in [0.2, 0.25) is 0 Å². The summed E-state index contributed by atoms with van der Waals surface area (Å²) >= 11 is 3.66. The number of aromatic nitrogens is 1. The lowest BCUT2D eigenvalue weighted by Gasteiger charge is -2.28. The zero-order chi connectivity index (χ0) is 12.5. The van der Waals surface area contributed by atoms with E-state index in [1.54, 1.807) is 0 Å². The van der Waals surface area contributed by atoms with Crippen LogP contribution in [0.3, 0.4) is 0 Å². The van der Waals surface area contributed by atoms with Crippen LogP contribution < -0.4 is 0 Å². The predicted molar refractivity (Wildman–Crippen MR) is 77.8 cm³/mol. The molecule has 0 aliphatic heterocycles. The van der Waals surface area contributed by atoms with Crippen LogP contribution in [-0.4, -0.2) is 9.81 Å².